The molecule has 2 N–H and O–H groups in total. The van der Waals surface area contributed by atoms with Crippen molar-refractivity contribution in [1.29, 1.82) is 0 Å². The summed E-state index contributed by atoms with van der Waals surface area (Å²) in [6, 6.07) is 12.3. The molecule has 22 heavy (non-hydrogen) atoms. The topological polar surface area (TPSA) is 81.3 Å². The molecular formula is C16H15N2O3S-. The molecule has 0 fully saturated rings. The first-order valence-electron chi connectivity index (χ1n) is 6.93. The molecule has 0 aliphatic carbocycles. The zero-order valence-corrected chi connectivity index (χ0v) is 12.8. The molecule has 0 bridgehead atoms. The van der Waals surface area contributed by atoms with Crippen LogP contribution in [0.1, 0.15) is 13.3 Å². The zero-order chi connectivity index (χ0) is 15.7. The van der Waals surface area contributed by atoms with Gasteiger partial charge in [-0.05, 0) is 41.8 Å². The molecule has 0 spiro atoms. The van der Waals surface area contributed by atoms with E-state index in [-0.39, 0.29) is 16.8 Å². The van der Waals surface area contributed by atoms with E-state index in [1.165, 1.54) is 0 Å². The van der Waals surface area contributed by atoms with Gasteiger partial charge in [-0.2, -0.15) is 0 Å². The smallest absolute Gasteiger partial charge is 0.226 e. The number of hydrogen-bond acceptors (Lipinski definition) is 4. The second-order valence-corrected chi connectivity index (χ2v) is 6.23. The summed E-state index contributed by atoms with van der Waals surface area (Å²) in [6.07, 6.45) is 0.405. The van der Waals surface area contributed by atoms with Crippen LogP contribution in [0.4, 0.5) is 11.4 Å². The lowest BCUT2D eigenvalue weighted by atomic mass is 10.0. The molecular weight excluding hydrogens is 300 g/mol. The molecule has 1 aliphatic heterocycles. The van der Waals surface area contributed by atoms with Gasteiger partial charge in [0.25, 0.3) is 0 Å². The quantitative estimate of drug-likeness (QED) is 0.835. The first-order valence-corrected chi connectivity index (χ1v) is 8.01. The normalized spacial score (nSPS) is 18.6. The number of carbonyl (C=O) groups excluding carboxylic acids is 1. The van der Waals surface area contributed by atoms with Gasteiger partial charge >= 0.3 is 0 Å². The number of hydrogen-bond donors (Lipinski definition) is 2. The highest BCUT2D eigenvalue weighted by Gasteiger charge is 2.20. The summed E-state index contributed by atoms with van der Waals surface area (Å²) >= 11 is -2.23. The Balaban J connectivity index is 2.06. The number of benzene rings is 2. The van der Waals surface area contributed by atoms with E-state index in [4.69, 9.17) is 0 Å². The summed E-state index contributed by atoms with van der Waals surface area (Å²) in [7, 11) is 0. The Morgan fingerprint density at radius 1 is 1.18 bits per heavy atom. The maximum Gasteiger partial charge on any atom is 0.226 e. The Morgan fingerprint density at radius 3 is 2.59 bits per heavy atom. The molecule has 114 valence electrons. The number of rotatable bonds is 2. The standard InChI is InChI=1S/C16H16N2O3S/c1-10-9-15(19)18-14-4-2-3-13(16(14)17-10)11-5-7-12(8-6-11)22(20)21/h2-8,10,17H,9H2,1H3,(H,18,19)(H,20,21)/p-1. The van der Waals surface area contributed by atoms with E-state index in [9.17, 15) is 13.6 Å². The molecule has 2 aromatic rings. The zero-order valence-electron chi connectivity index (χ0n) is 12.0. The van der Waals surface area contributed by atoms with Crippen LogP contribution in [0.25, 0.3) is 11.1 Å². The summed E-state index contributed by atoms with van der Waals surface area (Å²) in [6.45, 7) is 1.95. The molecule has 3 rings (SSSR count). The summed E-state index contributed by atoms with van der Waals surface area (Å²) in [5.74, 6) is -0.0204. The van der Waals surface area contributed by atoms with Crippen LogP contribution >= 0.6 is 0 Å². The maximum atomic E-state index is 11.8. The van der Waals surface area contributed by atoms with Crippen LogP contribution < -0.4 is 10.6 Å². The van der Waals surface area contributed by atoms with E-state index in [2.05, 4.69) is 10.6 Å². The predicted molar refractivity (Wildman–Crippen MR) is 85.4 cm³/mol. The third kappa shape index (κ3) is 2.88. The van der Waals surface area contributed by atoms with Gasteiger partial charge < -0.3 is 15.2 Å². The van der Waals surface area contributed by atoms with Crippen molar-refractivity contribution in [3.63, 3.8) is 0 Å². The summed E-state index contributed by atoms with van der Waals surface area (Å²) < 4.78 is 21.9. The van der Waals surface area contributed by atoms with E-state index in [1.807, 2.05) is 25.1 Å². The second-order valence-electron chi connectivity index (χ2n) is 5.28. The second kappa shape index (κ2) is 5.90. The van der Waals surface area contributed by atoms with Crippen LogP contribution in [0.15, 0.2) is 47.4 Å². The van der Waals surface area contributed by atoms with Crippen LogP contribution in [0.3, 0.4) is 0 Å². The fourth-order valence-corrected chi connectivity index (χ4v) is 2.93. The molecule has 1 amide bonds. The lowest BCUT2D eigenvalue weighted by Crippen LogP contribution is -2.19. The predicted octanol–water partition coefficient (Wildman–Crippen LogP) is 2.73. The Hall–Kier alpha value is -2.18. The van der Waals surface area contributed by atoms with E-state index in [0.29, 0.717) is 6.42 Å². The van der Waals surface area contributed by atoms with Gasteiger partial charge in [0.1, 0.15) is 0 Å². The molecule has 2 atom stereocenters. The van der Waals surface area contributed by atoms with Crippen molar-refractivity contribution in [2.24, 2.45) is 0 Å². The Bertz CT molecular complexity index is 744. The molecule has 0 radical (unpaired) electrons. The Morgan fingerprint density at radius 2 is 1.91 bits per heavy atom. The molecule has 0 saturated carbocycles. The number of carbonyl (C=O) groups is 1. The van der Waals surface area contributed by atoms with Crippen molar-refractivity contribution in [2.45, 2.75) is 24.3 Å². The highest BCUT2D eigenvalue weighted by molar-refractivity contribution is 7.79. The van der Waals surface area contributed by atoms with Gasteiger partial charge in [0, 0.05) is 22.9 Å². The summed E-state index contributed by atoms with van der Waals surface area (Å²) in [4.78, 5) is 12.1. The molecule has 2 unspecified atom stereocenters. The van der Waals surface area contributed by atoms with Gasteiger partial charge in [0.2, 0.25) is 5.91 Å². The van der Waals surface area contributed by atoms with Crippen LogP contribution in [-0.4, -0.2) is 20.7 Å². The van der Waals surface area contributed by atoms with E-state index < -0.39 is 11.1 Å². The molecule has 1 aliphatic rings. The van der Waals surface area contributed by atoms with Crippen LogP contribution in [-0.2, 0) is 15.9 Å². The first kappa shape index (κ1) is 14.7. The summed E-state index contributed by atoms with van der Waals surface area (Å²) in [5.41, 5.74) is 3.41. The monoisotopic (exact) mass is 315 g/mol. The van der Waals surface area contributed by atoms with Gasteiger partial charge in [-0.1, -0.05) is 24.3 Å². The van der Waals surface area contributed by atoms with E-state index in [0.717, 1.165) is 22.5 Å². The number of amides is 1. The minimum atomic E-state index is -2.23. The van der Waals surface area contributed by atoms with Crippen LogP contribution in [0, 0.1) is 0 Å². The van der Waals surface area contributed by atoms with E-state index in [1.54, 1.807) is 24.3 Å². The number of anilines is 2. The molecule has 6 heteroatoms. The molecule has 0 saturated heterocycles. The Labute approximate surface area is 131 Å². The fraction of sp³-hybridized carbons (Fsp3) is 0.188. The lowest BCUT2D eigenvalue weighted by Gasteiger charge is -2.17. The molecule has 2 aromatic carbocycles. The minimum Gasteiger partial charge on any atom is -0.768 e. The molecule has 0 aromatic heterocycles. The van der Waals surface area contributed by atoms with Crippen molar-refractivity contribution < 1.29 is 13.6 Å². The average molecular weight is 315 g/mol. The van der Waals surface area contributed by atoms with Crippen molar-refractivity contribution >= 4 is 28.4 Å². The van der Waals surface area contributed by atoms with Gasteiger partial charge in [0.05, 0.1) is 11.4 Å². The van der Waals surface area contributed by atoms with Gasteiger partial charge in [-0.15, -0.1) is 0 Å². The third-order valence-electron chi connectivity index (χ3n) is 3.58. The van der Waals surface area contributed by atoms with E-state index >= 15 is 0 Å². The summed E-state index contributed by atoms with van der Waals surface area (Å²) in [5, 5.41) is 6.24. The van der Waals surface area contributed by atoms with Gasteiger partial charge in [0.15, 0.2) is 0 Å². The van der Waals surface area contributed by atoms with Crippen molar-refractivity contribution in [3.05, 3.63) is 42.5 Å². The minimum absolute atomic E-state index is 0.0204. The Kier molecular flexibility index (Phi) is 3.96. The van der Waals surface area contributed by atoms with Crippen LogP contribution in [0.2, 0.25) is 0 Å². The third-order valence-corrected chi connectivity index (χ3v) is 4.24. The van der Waals surface area contributed by atoms with Gasteiger partial charge in [-0.3, -0.25) is 9.00 Å². The maximum absolute atomic E-state index is 11.8. The SMILES string of the molecule is CC1CC(=O)Nc2cccc(-c3ccc(S(=O)[O-])cc3)c2N1. The molecule has 1 heterocycles. The molecule has 5 nitrogen and oxygen atoms in total. The fourth-order valence-electron chi connectivity index (χ4n) is 2.57. The van der Waals surface area contributed by atoms with Crippen molar-refractivity contribution in [1.82, 2.24) is 0 Å². The van der Waals surface area contributed by atoms with Crippen LogP contribution in [0.5, 0.6) is 0 Å². The number of para-hydroxylation sites is 1. The number of nitrogens with one attached hydrogen (secondary N) is 2. The number of fused-ring (bicyclic) bond motifs is 1. The average Bonchev–Trinajstić information content (AvgIpc) is 2.63. The highest BCUT2D eigenvalue weighted by Crippen LogP contribution is 2.36. The first-order chi connectivity index (χ1) is 10.5. The largest absolute Gasteiger partial charge is 0.768 e. The highest BCUT2D eigenvalue weighted by atomic mass is 32.2. The van der Waals surface area contributed by atoms with Crippen molar-refractivity contribution in [2.75, 3.05) is 10.6 Å². The van der Waals surface area contributed by atoms with Crippen molar-refractivity contribution in [3.8, 4) is 11.1 Å². The lowest BCUT2D eigenvalue weighted by molar-refractivity contribution is -0.116. The van der Waals surface area contributed by atoms with Gasteiger partial charge in [-0.25, -0.2) is 0 Å².